The van der Waals surface area contributed by atoms with E-state index in [0.29, 0.717) is 12.1 Å². The van der Waals surface area contributed by atoms with Gasteiger partial charge in [-0.25, -0.2) is 31.4 Å². The van der Waals surface area contributed by atoms with Crippen molar-refractivity contribution in [2.75, 3.05) is 0 Å². The van der Waals surface area contributed by atoms with E-state index in [1.54, 1.807) is 0 Å². The predicted molar refractivity (Wildman–Crippen MR) is 54.8 cm³/mol. The normalized spacial score (nSPS) is 11.8. The molecule has 1 aromatic heterocycles. The monoisotopic (exact) mass is 277 g/mol. The van der Waals surface area contributed by atoms with Crippen LogP contribution in [0, 0.1) is 17.5 Å². The summed E-state index contributed by atoms with van der Waals surface area (Å²) < 4.78 is 61.5. The smallest absolute Gasteiger partial charge is 0.239 e. The molecule has 0 saturated heterocycles. The van der Waals surface area contributed by atoms with Gasteiger partial charge in [0.25, 0.3) is 0 Å². The molecular formula is C9H6F3N3O2S. The fourth-order valence-electron chi connectivity index (χ4n) is 1.27. The highest BCUT2D eigenvalue weighted by Crippen LogP contribution is 2.17. The Morgan fingerprint density at radius 1 is 1.17 bits per heavy atom. The number of hydrogen-bond donors (Lipinski definition) is 1. The van der Waals surface area contributed by atoms with Gasteiger partial charge < -0.3 is 0 Å². The molecule has 0 aliphatic heterocycles. The molecule has 1 heterocycles. The van der Waals surface area contributed by atoms with Crippen LogP contribution in [0.2, 0.25) is 0 Å². The summed E-state index contributed by atoms with van der Waals surface area (Å²) in [5.74, 6) is -4.42. The van der Waals surface area contributed by atoms with Crippen LogP contribution >= 0.6 is 0 Å². The summed E-state index contributed by atoms with van der Waals surface area (Å²) >= 11 is 0. The lowest BCUT2D eigenvalue weighted by molar-refractivity contribution is 0.446. The third kappa shape index (κ3) is 2.22. The Kier molecular flexibility index (Phi) is 2.87. The highest BCUT2D eigenvalue weighted by molar-refractivity contribution is 7.89. The van der Waals surface area contributed by atoms with Crippen LogP contribution in [0.3, 0.4) is 0 Å². The third-order valence-corrected chi connectivity index (χ3v) is 2.99. The van der Waals surface area contributed by atoms with Gasteiger partial charge in [-0.2, -0.15) is 5.10 Å². The topological polar surface area (TPSA) is 78.0 Å². The first-order chi connectivity index (χ1) is 8.29. The van der Waals surface area contributed by atoms with Crippen LogP contribution in [0.4, 0.5) is 13.2 Å². The van der Waals surface area contributed by atoms with E-state index in [-0.39, 0.29) is 10.6 Å². The van der Waals surface area contributed by atoms with Gasteiger partial charge in [0.15, 0.2) is 17.5 Å². The maximum absolute atomic E-state index is 13.0. The minimum absolute atomic E-state index is 0.165. The Bertz CT molecular complexity index is 689. The molecule has 2 aromatic rings. The zero-order valence-electron chi connectivity index (χ0n) is 8.64. The van der Waals surface area contributed by atoms with E-state index in [4.69, 9.17) is 5.14 Å². The van der Waals surface area contributed by atoms with Gasteiger partial charge in [0, 0.05) is 12.1 Å². The third-order valence-electron chi connectivity index (χ3n) is 2.12. The highest BCUT2D eigenvalue weighted by atomic mass is 32.2. The van der Waals surface area contributed by atoms with Crippen LogP contribution in [-0.4, -0.2) is 18.2 Å². The molecule has 0 saturated carbocycles. The molecule has 18 heavy (non-hydrogen) atoms. The van der Waals surface area contributed by atoms with Crippen molar-refractivity contribution in [2.24, 2.45) is 5.14 Å². The number of aromatic nitrogens is 2. The van der Waals surface area contributed by atoms with Crippen molar-refractivity contribution in [2.45, 2.75) is 4.90 Å². The van der Waals surface area contributed by atoms with E-state index in [9.17, 15) is 21.6 Å². The van der Waals surface area contributed by atoms with Crippen molar-refractivity contribution in [3.63, 3.8) is 0 Å². The minimum atomic E-state index is -3.96. The van der Waals surface area contributed by atoms with Gasteiger partial charge in [0.1, 0.15) is 4.90 Å². The quantitative estimate of drug-likeness (QED) is 0.830. The second kappa shape index (κ2) is 4.10. The first kappa shape index (κ1) is 12.6. The van der Waals surface area contributed by atoms with Gasteiger partial charge >= 0.3 is 0 Å². The molecule has 0 bridgehead atoms. The van der Waals surface area contributed by atoms with E-state index in [0.717, 1.165) is 17.1 Å². The molecule has 0 aliphatic rings. The molecule has 0 fully saturated rings. The summed E-state index contributed by atoms with van der Waals surface area (Å²) in [5, 5.41) is 8.41. The fraction of sp³-hybridized carbons (Fsp3) is 0. The summed E-state index contributed by atoms with van der Waals surface area (Å²) in [5.41, 5.74) is -0.165. The molecule has 0 atom stereocenters. The standard InChI is InChI=1S/C9H6F3N3O2S/c10-7-1-5(2-8(11)9(7)12)15-4-6(3-14-15)18(13,16)17/h1-4H,(H2,13,16,17). The van der Waals surface area contributed by atoms with Crippen LogP contribution in [0.25, 0.3) is 5.69 Å². The summed E-state index contributed by atoms with van der Waals surface area (Å²) in [4.78, 5) is -0.326. The molecule has 5 nitrogen and oxygen atoms in total. The SMILES string of the molecule is NS(=O)(=O)c1cnn(-c2cc(F)c(F)c(F)c2)c1. The Morgan fingerprint density at radius 3 is 2.17 bits per heavy atom. The second-order valence-corrected chi connectivity index (χ2v) is 4.95. The molecule has 2 N–H and O–H groups in total. The van der Waals surface area contributed by atoms with Gasteiger partial charge in [0.2, 0.25) is 10.0 Å². The number of rotatable bonds is 2. The van der Waals surface area contributed by atoms with Gasteiger partial charge in [-0.1, -0.05) is 0 Å². The minimum Gasteiger partial charge on any atom is -0.239 e. The van der Waals surface area contributed by atoms with Crippen LogP contribution in [-0.2, 0) is 10.0 Å². The highest BCUT2D eigenvalue weighted by Gasteiger charge is 2.15. The molecule has 1 aromatic carbocycles. The molecular weight excluding hydrogens is 271 g/mol. The van der Waals surface area contributed by atoms with Crippen molar-refractivity contribution >= 4 is 10.0 Å². The van der Waals surface area contributed by atoms with Gasteiger partial charge in [-0.3, -0.25) is 0 Å². The molecule has 0 amide bonds. The molecule has 0 radical (unpaired) electrons. The van der Waals surface area contributed by atoms with E-state index < -0.39 is 27.5 Å². The molecule has 0 spiro atoms. The molecule has 96 valence electrons. The summed E-state index contributed by atoms with van der Waals surface area (Å²) in [6.45, 7) is 0. The van der Waals surface area contributed by atoms with Crippen molar-refractivity contribution < 1.29 is 21.6 Å². The second-order valence-electron chi connectivity index (χ2n) is 3.39. The molecule has 0 unspecified atom stereocenters. The van der Waals surface area contributed by atoms with Gasteiger partial charge in [-0.15, -0.1) is 0 Å². The average molecular weight is 277 g/mol. The van der Waals surface area contributed by atoms with Gasteiger partial charge in [0.05, 0.1) is 18.1 Å². The number of nitrogens with zero attached hydrogens (tertiary/aromatic N) is 2. The van der Waals surface area contributed by atoms with Crippen LogP contribution in [0.1, 0.15) is 0 Å². The zero-order valence-corrected chi connectivity index (χ0v) is 9.46. The summed E-state index contributed by atoms with van der Waals surface area (Å²) in [6.07, 6.45) is 1.87. The lowest BCUT2D eigenvalue weighted by Gasteiger charge is -2.02. The molecule has 0 aliphatic carbocycles. The Balaban J connectivity index is 2.53. The molecule has 9 heteroatoms. The first-order valence-electron chi connectivity index (χ1n) is 4.51. The molecule has 2 rings (SSSR count). The lowest BCUT2D eigenvalue weighted by Crippen LogP contribution is -2.11. The first-order valence-corrected chi connectivity index (χ1v) is 6.06. The number of benzene rings is 1. The van der Waals surface area contributed by atoms with Gasteiger partial charge in [-0.05, 0) is 0 Å². The predicted octanol–water partition coefficient (Wildman–Crippen LogP) is 0.937. The van der Waals surface area contributed by atoms with Crippen LogP contribution in [0.5, 0.6) is 0 Å². The van der Waals surface area contributed by atoms with E-state index in [1.165, 1.54) is 0 Å². The Morgan fingerprint density at radius 2 is 1.72 bits per heavy atom. The van der Waals surface area contributed by atoms with E-state index >= 15 is 0 Å². The summed E-state index contributed by atoms with van der Waals surface area (Å²) in [7, 11) is -3.96. The fourth-order valence-corrected chi connectivity index (χ4v) is 1.71. The average Bonchev–Trinajstić information content (AvgIpc) is 2.73. The van der Waals surface area contributed by atoms with Crippen molar-refractivity contribution in [1.29, 1.82) is 0 Å². The maximum atomic E-state index is 13.0. The summed E-state index contributed by atoms with van der Waals surface area (Å²) in [6, 6.07) is 1.36. The van der Waals surface area contributed by atoms with E-state index in [1.807, 2.05) is 0 Å². The zero-order chi connectivity index (χ0) is 13.5. The number of nitrogens with two attached hydrogens (primary N) is 1. The number of halogens is 3. The number of primary sulfonamides is 1. The number of sulfonamides is 1. The number of hydrogen-bond acceptors (Lipinski definition) is 3. The van der Waals surface area contributed by atoms with Crippen molar-refractivity contribution in [1.82, 2.24) is 9.78 Å². The largest absolute Gasteiger partial charge is 0.241 e. The van der Waals surface area contributed by atoms with Crippen LogP contribution < -0.4 is 5.14 Å². The van der Waals surface area contributed by atoms with Crippen molar-refractivity contribution in [3.05, 3.63) is 42.0 Å². The Hall–Kier alpha value is -1.87. The van der Waals surface area contributed by atoms with Crippen molar-refractivity contribution in [3.8, 4) is 5.69 Å². The maximum Gasteiger partial charge on any atom is 0.241 e. The van der Waals surface area contributed by atoms with E-state index in [2.05, 4.69) is 5.10 Å². The lowest BCUT2D eigenvalue weighted by atomic mass is 10.3. The Labute approximate surface area is 99.7 Å². The van der Waals surface area contributed by atoms with Crippen LogP contribution in [0.15, 0.2) is 29.4 Å².